The Balaban J connectivity index is 1.71. The summed E-state index contributed by atoms with van der Waals surface area (Å²) in [6, 6.07) is 17.3. The molecule has 0 heterocycles. The van der Waals surface area contributed by atoms with E-state index in [1.54, 1.807) is 31.4 Å². The van der Waals surface area contributed by atoms with Crippen molar-refractivity contribution >= 4 is 27.3 Å². The Hall–Kier alpha value is -3.72. The molecule has 162 valence electrons. The van der Waals surface area contributed by atoms with Crippen LogP contribution in [-0.4, -0.2) is 35.7 Å². The molecular formula is C22H22N2O6S. The van der Waals surface area contributed by atoms with Crippen molar-refractivity contribution in [2.75, 3.05) is 31.4 Å². The van der Waals surface area contributed by atoms with Crippen LogP contribution in [0.3, 0.4) is 0 Å². The number of benzene rings is 3. The number of carbonyl (C=O) groups excluding carboxylic acids is 1. The van der Waals surface area contributed by atoms with Gasteiger partial charge in [0.1, 0.15) is 5.75 Å². The smallest absolute Gasteiger partial charge is 0.262 e. The summed E-state index contributed by atoms with van der Waals surface area (Å²) in [4.78, 5) is 12.4. The number of amides is 1. The molecule has 0 spiro atoms. The van der Waals surface area contributed by atoms with E-state index in [9.17, 15) is 13.2 Å². The van der Waals surface area contributed by atoms with Gasteiger partial charge in [-0.05, 0) is 60.7 Å². The van der Waals surface area contributed by atoms with Crippen LogP contribution in [0.2, 0.25) is 0 Å². The first-order valence-electron chi connectivity index (χ1n) is 9.16. The fourth-order valence-electron chi connectivity index (χ4n) is 2.77. The fraction of sp³-hybridized carbons (Fsp3) is 0.136. The van der Waals surface area contributed by atoms with Crippen molar-refractivity contribution in [1.29, 1.82) is 0 Å². The third-order valence-corrected chi connectivity index (χ3v) is 5.79. The van der Waals surface area contributed by atoms with E-state index < -0.39 is 10.0 Å². The van der Waals surface area contributed by atoms with Gasteiger partial charge in [-0.2, -0.15) is 0 Å². The zero-order valence-corrected chi connectivity index (χ0v) is 18.0. The second-order valence-electron chi connectivity index (χ2n) is 6.38. The summed E-state index contributed by atoms with van der Waals surface area (Å²) in [5.74, 6) is 1.09. The van der Waals surface area contributed by atoms with Crippen molar-refractivity contribution in [2.45, 2.75) is 4.90 Å². The lowest BCUT2D eigenvalue weighted by molar-refractivity contribution is 0.102. The third kappa shape index (κ3) is 5.26. The summed E-state index contributed by atoms with van der Waals surface area (Å²) in [5, 5.41) is 2.77. The summed E-state index contributed by atoms with van der Waals surface area (Å²) in [5.41, 5.74) is 1.31. The number of hydrogen-bond donors (Lipinski definition) is 2. The van der Waals surface area contributed by atoms with E-state index in [4.69, 9.17) is 14.2 Å². The lowest BCUT2D eigenvalue weighted by Gasteiger charge is -2.12. The maximum atomic E-state index is 12.7. The molecule has 0 aliphatic rings. The average Bonchev–Trinajstić information content (AvgIpc) is 2.79. The SMILES string of the molecule is COc1ccc(NC(=O)c2ccc(NS(=O)(=O)c3ccc(OC)c(OC)c3)cc2)cc1. The molecule has 0 aliphatic carbocycles. The molecule has 9 heteroatoms. The first kappa shape index (κ1) is 22.0. The minimum atomic E-state index is -3.86. The van der Waals surface area contributed by atoms with Crippen molar-refractivity contribution in [3.8, 4) is 17.2 Å². The van der Waals surface area contributed by atoms with Gasteiger partial charge in [-0.25, -0.2) is 8.42 Å². The fourth-order valence-corrected chi connectivity index (χ4v) is 3.84. The van der Waals surface area contributed by atoms with Gasteiger partial charge in [-0.15, -0.1) is 0 Å². The van der Waals surface area contributed by atoms with Crippen LogP contribution in [0, 0.1) is 0 Å². The van der Waals surface area contributed by atoms with Crippen LogP contribution in [0.15, 0.2) is 71.6 Å². The Morgan fingerprint density at radius 1 is 0.742 bits per heavy atom. The molecule has 0 fully saturated rings. The van der Waals surface area contributed by atoms with Crippen molar-refractivity contribution < 1.29 is 27.4 Å². The molecule has 0 bridgehead atoms. The summed E-state index contributed by atoms with van der Waals surface area (Å²) in [7, 11) is 0.604. The highest BCUT2D eigenvalue weighted by atomic mass is 32.2. The first-order valence-corrected chi connectivity index (χ1v) is 10.6. The lowest BCUT2D eigenvalue weighted by atomic mass is 10.2. The quantitative estimate of drug-likeness (QED) is 0.551. The van der Waals surface area contributed by atoms with Gasteiger partial charge in [0.2, 0.25) is 0 Å². The van der Waals surface area contributed by atoms with Crippen LogP contribution in [-0.2, 0) is 10.0 Å². The normalized spacial score (nSPS) is 10.8. The van der Waals surface area contributed by atoms with Crippen molar-refractivity contribution in [3.63, 3.8) is 0 Å². The number of sulfonamides is 1. The molecule has 2 N–H and O–H groups in total. The molecule has 0 aromatic heterocycles. The zero-order chi connectivity index (χ0) is 22.4. The second kappa shape index (κ2) is 9.40. The number of nitrogens with one attached hydrogen (secondary N) is 2. The van der Waals surface area contributed by atoms with Gasteiger partial charge in [0.15, 0.2) is 11.5 Å². The molecule has 1 amide bonds. The van der Waals surface area contributed by atoms with E-state index >= 15 is 0 Å². The standard InChI is InChI=1S/C22H22N2O6S/c1-28-18-10-8-16(9-11-18)23-22(25)15-4-6-17(7-5-15)24-31(26,27)19-12-13-20(29-2)21(14-19)30-3/h4-14,24H,1-3H3,(H,23,25). The molecule has 8 nitrogen and oxygen atoms in total. The van der Waals surface area contributed by atoms with E-state index in [1.807, 2.05) is 0 Å². The van der Waals surface area contributed by atoms with E-state index in [1.165, 1.54) is 56.7 Å². The summed E-state index contributed by atoms with van der Waals surface area (Å²) in [6.45, 7) is 0. The predicted molar refractivity (Wildman–Crippen MR) is 118 cm³/mol. The Morgan fingerprint density at radius 3 is 1.94 bits per heavy atom. The van der Waals surface area contributed by atoms with Gasteiger partial charge >= 0.3 is 0 Å². The van der Waals surface area contributed by atoms with E-state index in [0.717, 1.165) is 0 Å². The van der Waals surface area contributed by atoms with Crippen LogP contribution >= 0.6 is 0 Å². The molecule has 3 aromatic rings. The van der Waals surface area contributed by atoms with Crippen molar-refractivity contribution in [2.24, 2.45) is 0 Å². The minimum absolute atomic E-state index is 0.0199. The predicted octanol–water partition coefficient (Wildman–Crippen LogP) is 3.77. The maximum Gasteiger partial charge on any atom is 0.262 e. The number of anilines is 2. The molecule has 3 aromatic carbocycles. The largest absolute Gasteiger partial charge is 0.497 e. The zero-order valence-electron chi connectivity index (χ0n) is 17.2. The highest BCUT2D eigenvalue weighted by molar-refractivity contribution is 7.92. The Kier molecular flexibility index (Phi) is 6.66. The molecule has 0 saturated heterocycles. The van der Waals surface area contributed by atoms with Crippen LogP contribution in [0.1, 0.15) is 10.4 Å². The average molecular weight is 442 g/mol. The molecule has 0 atom stereocenters. The monoisotopic (exact) mass is 442 g/mol. The molecule has 0 unspecified atom stereocenters. The topological polar surface area (TPSA) is 103 Å². The third-order valence-electron chi connectivity index (χ3n) is 4.41. The van der Waals surface area contributed by atoms with Crippen LogP contribution in [0.25, 0.3) is 0 Å². The van der Waals surface area contributed by atoms with Crippen LogP contribution < -0.4 is 24.2 Å². The van der Waals surface area contributed by atoms with E-state index in [0.29, 0.717) is 34.2 Å². The highest BCUT2D eigenvalue weighted by Gasteiger charge is 2.17. The molecule has 31 heavy (non-hydrogen) atoms. The van der Waals surface area contributed by atoms with Gasteiger partial charge in [-0.1, -0.05) is 0 Å². The van der Waals surface area contributed by atoms with Gasteiger partial charge in [0.25, 0.3) is 15.9 Å². The second-order valence-corrected chi connectivity index (χ2v) is 8.06. The Bertz CT molecular complexity index is 1160. The summed E-state index contributed by atoms with van der Waals surface area (Å²) in [6.07, 6.45) is 0. The van der Waals surface area contributed by atoms with Crippen molar-refractivity contribution in [1.82, 2.24) is 0 Å². The molecular weight excluding hydrogens is 420 g/mol. The first-order chi connectivity index (χ1) is 14.9. The van der Waals surface area contributed by atoms with E-state index in [2.05, 4.69) is 10.0 Å². The number of ether oxygens (including phenoxy) is 3. The molecule has 0 aliphatic heterocycles. The number of hydrogen-bond acceptors (Lipinski definition) is 6. The Morgan fingerprint density at radius 2 is 1.35 bits per heavy atom. The molecule has 3 rings (SSSR count). The minimum Gasteiger partial charge on any atom is -0.497 e. The summed E-state index contributed by atoms with van der Waals surface area (Å²) >= 11 is 0. The van der Waals surface area contributed by atoms with Crippen LogP contribution in [0.5, 0.6) is 17.2 Å². The number of rotatable bonds is 8. The summed E-state index contributed by atoms with van der Waals surface area (Å²) < 4.78 is 43.2. The number of carbonyl (C=O) groups is 1. The van der Waals surface area contributed by atoms with Gasteiger partial charge < -0.3 is 19.5 Å². The molecule has 0 saturated carbocycles. The van der Waals surface area contributed by atoms with Gasteiger partial charge in [-0.3, -0.25) is 9.52 Å². The molecule has 0 radical (unpaired) electrons. The van der Waals surface area contributed by atoms with Gasteiger partial charge in [0, 0.05) is 23.0 Å². The van der Waals surface area contributed by atoms with Gasteiger partial charge in [0.05, 0.1) is 26.2 Å². The number of methoxy groups -OCH3 is 3. The Labute approximate surface area is 180 Å². The highest BCUT2D eigenvalue weighted by Crippen LogP contribution is 2.30. The van der Waals surface area contributed by atoms with E-state index in [-0.39, 0.29) is 10.8 Å². The van der Waals surface area contributed by atoms with Crippen molar-refractivity contribution in [3.05, 3.63) is 72.3 Å². The lowest BCUT2D eigenvalue weighted by Crippen LogP contribution is -2.14. The van der Waals surface area contributed by atoms with Crippen LogP contribution in [0.4, 0.5) is 11.4 Å². The maximum absolute atomic E-state index is 12.7.